The summed E-state index contributed by atoms with van der Waals surface area (Å²) in [4.78, 5) is 0. The number of ether oxygens (including phenoxy) is 1. The van der Waals surface area contributed by atoms with Crippen LogP contribution in [0.2, 0.25) is 0 Å². The highest BCUT2D eigenvalue weighted by Crippen LogP contribution is 2.41. The lowest BCUT2D eigenvalue weighted by Gasteiger charge is -2.43. The topological polar surface area (TPSA) is 35.2 Å². The average Bonchev–Trinajstić information content (AvgIpc) is 2.25. The molecule has 0 saturated heterocycles. The van der Waals surface area contributed by atoms with Crippen molar-refractivity contribution in [2.75, 3.05) is 0 Å². The maximum atomic E-state index is 6.23. The van der Waals surface area contributed by atoms with Gasteiger partial charge in [0.05, 0.1) is 12.2 Å². The maximum Gasteiger partial charge on any atom is 0.0732 e. The van der Waals surface area contributed by atoms with Crippen molar-refractivity contribution >= 4 is 0 Å². The fraction of sp³-hybridized carbons (Fsp3) is 1.00. The van der Waals surface area contributed by atoms with Gasteiger partial charge in [0, 0.05) is 6.04 Å². The molecular weight excluding hydrogens is 210 g/mol. The van der Waals surface area contributed by atoms with E-state index >= 15 is 0 Å². The van der Waals surface area contributed by atoms with E-state index in [0.717, 1.165) is 12.3 Å². The summed E-state index contributed by atoms with van der Waals surface area (Å²) in [6.45, 7) is 7.10. The molecule has 0 amide bonds. The summed E-state index contributed by atoms with van der Waals surface area (Å²) in [6, 6.07) is 0.277. The van der Waals surface area contributed by atoms with Gasteiger partial charge in [0.25, 0.3) is 0 Å². The highest BCUT2D eigenvalue weighted by Gasteiger charge is 2.37. The number of hydrogen-bond donors (Lipinski definition) is 1. The molecule has 3 atom stereocenters. The zero-order valence-electron chi connectivity index (χ0n) is 11.7. The van der Waals surface area contributed by atoms with Gasteiger partial charge in [-0.15, -0.1) is 0 Å². The van der Waals surface area contributed by atoms with Crippen molar-refractivity contribution in [3.8, 4) is 0 Å². The first kappa shape index (κ1) is 13.4. The van der Waals surface area contributed by atoms with Crippen LogP contribution in [0.4, 0.5) is 0 Å². The van der Waals surface area contributed by atoms with Crippen LogP contribution in [0.15, 0.2) is 0 Å². The van der Waals surface area contributed by atoms with Gasteiger partial charge in [-0.25, -0.2) is 0 Å². The Morgan fingerprint density at radius 1 is 1.18 bits per heavy atom. The van der Waals surface area contributed by atoms with Gasteiger partial charge in [-0.2, -0.15) is 0 Å². The minimum atomic E-state index is 0.277. The second kappa shape index (κ2) is 5.27. The Morgan fingerprint density at radius 2 is 1.88 bits per heavy atom. The van der Waals surface area contributed by atoms with Crippen molar-refractivity contribution in [1.29, 1.82) is 0 Å². The smallest absolute Gasteiger partial charge is 0.0732 e. The second-order valence-corrected chi connectivity index (χ2v) is 6.74. The van der Waals surface area contributed by atoms with Gasteiger partial charge in [-0.3, -0.25) is 0 Å². The molecular formula is C15H29NO. The van der Waals surface area contributed by atoms with Gasteiger partial charge in [-0.1, -0.05) is 27.2 Å². The average molecular weight is 239 g/mol. The lowest BCUT2D eigenvalue weighted by molar-refractivity contribution is -0.0907. The fourth-order valence-corrected chi connectivity index (χ4v) is 3.06. The molecule has 0 bridgehead atoms. The zero-order chi connectivity index (χ0) is 12.5. The van der Waals surface area contributed by atoms with E-state index in [1.54, 1.807) is 0 Å². The van der Waals surface area contributed by atoms with Crippen molar-refractivity contribution in [2.24, 2.45) is 17.1 Å². The summed E-state index contributed by atoms with van der Waals surface area (Å²) in [5.74, 6) is 0.789. The third-order valence-electron chi connectivity index (χ3n) is 5.28. The summed E-state index contributed by atoms with van der Waals surface area (Å²) in [5.41, 5.74) is 6.67. The van der Waals surface area contributed by atoms with Crippen LogP contribution in [0.25, 0.3) is 0 Å². The summed E-state index contributed by atoms with van der Waals surface area (Å²) in [7, 11) is 0. The van der Waals surface area contributed by atoms with Gasteiger partial charge in [0.1, 0.15) is 0 Å². The molecule has 0 aromatic heterocycles. The van der Waals surface area contributed by atoms with Crippen molar-refractivity contribution in [3.05, 3.63) is 0 Å². The number of nitrogens with two attached hydrogens (primary N) is 1. The van der Waals surface area contributed by atoms with Crippen LogP contribution in [0.3, 0.4) is 0 Å². The van der Waals surface area contributed by atoms with E-state index in [0.29, 0.717) is 17.6 Å². The molecule has 3 unspecified atom stereocenters. The van der Waals surface area contributed by atoms with E-state index in [4.69, 9.17) is 10.5 Å². The third-order valence-corrected chi connectivity index (χ3v) is 5.28. The summed E-state index contributed by atoms with van der Waals surface area (Å²) >= 11 is 0. The van der Waals surface area contributed by atoms with E-state index in [9.17, 15) is 0 Å². The van der Waals surface area contributed by atoms with E-state index in [2.05, 4.69) is 20.8 Å². The van der Waals surface area contributed by atoms with Crippen LogP contribution in [0.5, 0.6) is 0 Å². The van der Waals surface area contributed by atoms with Crippen LogP contribution in [0.1, 0.15) is 65.7 Å². The van der Waals surface area contributed by atoms with Crippen LogP contribution < -0.4 is 5.73 Å². The summed E-state index contributed by atoms with van der Waals surface area (Å²) < 4.78 is 6.18. The second-order valence-electron chi connectivity index (χ2n) is 6.74. The van der Waals surface area contributed by atoms with Crippen molar-refractivity contribution in [2.45, 2.75) is 84.0 Å². The first-order chi connectivity index (χ1) is 8.03. The Morgan fingerprint density at radius 3 is 2.41 bits per heavy atom. The largest absolute Gasteiger partial charge is 0.373 e. The van der Waals surface area contributed by atoms with Crippen LogP contribution >= 0.6 is 0 Å². The Bertz CT molecular complexity index is 247. The molecule has 0 spiro atoms. The molecule has 0 aliphatic heterocycles. The van der Waals surface area contributed by atoms with E-state index in [1.165, 1.54) is 38.5 Å². The molecule has 2 aliphatic rings. The first-order valence-corrected chi connectivity index (χ1v) is 7.44. The molecule has 0 heterocycles. The molecule has 0 aromatic rings. The highest BCUT2D eigenvalue weighted by molar-refractivity contribution is 4.90. The van der Waals surface area contributed by atoms with E-state index in [1.807, 2.05) is 0 Å². The van der Waals surface area contributed by atoms with Crippen molar-refractivity contribution in [1.82, 2.24) is 0 Å². The molecule has 2 rings (SSSR count). The molecule has 2 aliphatic carbocycles. The minimum absolute atomic E-state index is 0.277. The van der Waals surface area contributed by atoms with Gasteiger partial charge in [0.15, 0.2) is 0 Å². The molecule has 2 nitrogen and oxygen atoms in total. The van der Waals surface area contributed by atoms with Gasteiger partial charge < -0.3 is 10.5 Å². The van der Waals surface area contributed by atoms with Crippen LogP contribution in [0, 0.1) is 11.3 Å². The normalized spacial score (nSPS) is 35.6. The minimum Gasteiger partial charge on any atom is -0.373 e. The first-order valence-electron chi connectivity index (χ1n) is 7.44. The molecule has 2 N–H and O–H groups in total. The standard InChI is InChI=1S/C15H29NO/c1-4-15(2,3)11-8-9-13(16)14(10-11)17-12-6-5-7-12/h11-14H,4-10,16H2,1-3H3. The number of rotatable bonds is 4. The molecule has 2 saturated carbocycles. The maximum absolute atomic E-state index is 6.23. The Hall–Kier alpha value is -0.0800. The van der Waals surface area contributed by atoms with Gasteiger partial charge in [-0.05, 0) is 49.9 Å². The molecule has 100 valence electrons. The molecule has 2 heteroatoms. The summed E-state index contributed by atoms with van der Waals surface area (Å²) in [5, 5.41) is 0. The lowest BCUT2D eigenvalue weighted by Crippen LogP contribution is -2.47. The van der Waals surface area contributed by atoms with E-state index in [-0.39, 0.29) is 6.04 Å². The van der Waals surface area contributed by atoms with Crippen molar-refractivity contribution < 1.29 is 4.74 Å². The van der Waals surface area contributed by atoms with Gasteiger partial charge >= 0.3 is 0 Å². The Labute approximate surface area is 106 Å². The Balaban J connectivity index is 1.91. The predicted molar refractivity (Wildman–Crippen MR) is 71.9 cm³/mol. The monoisotopic (exact) mass is 239 g/mol. The highest BCUT2D eigenvalue weighted by atomic mass is 16.5. The molecule has 0 aromatic carbocycles. The SMILES string of the molecule is CCC(C)(C)C1CCC(N)C(OC2CCC2)C1. The molecule has 17 heavy (non-hydrogen) atoms. The van der Waals surface area contributed by atoms with E-state index < -0.39 is 0 Å². The fourth-order valence-electron chi connectivity index (χ4n) is 3.06. The quantitative estimate of drug-likeness (QED) is 0.815. The summed E-state index contributed by atoms with van der Waals surface area (Å²) in [6.07, 6.45) is 9.56. The molecule has 0 radical (unpaired) electrons. The molecule has 2 fully saturated rings. The van der Waals surface area contributed by atoms with Crippen LogP contribution in [-0.2, 0) is 4.74 Å². The van der Waals surface area contributed by atoms with Crippen molar-refractivity contribution in [3.63, 3.8) is 0 Å². The zero-order valence-corrected chi connectivity index (χ0v) is 11.7. The predicted octanol–water partition coefficient (Wildman–Crippen LogP) is 3.49. The Kier molecular flexibility index (Phi) is 4.14. The third kappa shape index (κ3) is 3.03. The lowest BCUT2D eigenvalue weighted by atomic mass is 9.68. The van der Waals surface area contributed by atoms with Gasteiger partial charge in [0.2, 0.25) is 0 Å². The number of hydrogen-bond acceptors (Lipinski definition) is 2. The van der Waals surface area contributed by atoms with Crippen LogP contribution in [-0.4, -0.2) is 18.2 Å².